The van der Waals surface area contributed by atoms with Crippen molar-refractivity contribution in [3.63, 3.8) is 0 Å². The summed E-state index contributed by atoms with van der Waals surface area (Å²) < 4.78 is 6.73. The Hall–Kier alpha value is -3.45. The van der Waals surface area contributed by atoms with Gasteiger partial charge in [-0.15, -0.1) is 0 Å². The van der Waals surface area contributed by atoms with E-state index in [9.17, 15) is 14.4 Å². The van der Waals surface area contributed by atoms with E-state index < -0.39 is 0 Å². The minimum Gasteiger partial charge on any atom is -0.378 e. The van der Waals surface area contributed by atoms with E-state index in [2.05, 4.69) is 5.32 Å². The highest BCUT2D eigenvalue weighted by Crippen LogP contribution is 2.19. The molecule has 2 amide bonds. The number of ether oxygens (including phenoxy) is 1. The van der Waals surface area contributed by atoms with Crippen molar-refractivity contribution in [2.24, 2.45) is 0 Å². The summed E-state index contributed by atoms with van der Waals surface area (Å²) in [6.07, 6.45) is 0.867. The predicted octanol–water partition coefficient (Wildman–Crippen LogP) is 2.68. The molecule has 0 saturated carbocycles. The van der Waals surface area contributed by atoms with Crippen molar-refractivity contribution in [2.45, 2.75) is 19.9 Å². The predicted molar refractivity (Wildman–Crippen MR) is 119 cm³/mol. The fourth-order valence-corrected chi connectivity index (χ4v) is 3.82. The molecule has 1 fully saturated rings. The van der Waals surface area contributed by atoms with E-state index in [4.69, 9.17) is 4.74 Å². The van der Waals surface area contributed by atoms with Gasteiger partial charge in [0.25, 0.3) is 11.5 Å². The Balaban J connectivity index is 1.64. The summed E-state index contributed by atoms with van der Waals surface area (Å²) in [7, 11) is 0. The molecule has 1 aliphatic heterocycles. The molecule has 1 saturated heterocycles. The van der Waals surface area contributed by atoms with Crippen LogP contribution in [0, 0.1) is 0 Å². The maximum atomic E-state index is 13.0. The maximum absolute atomic E-state index is 13.0. The van der Waals surface area contributed by atoms with Gasteiger partial charge < -0.3 is 15.0 Å². The molecule has 1 aliphatic rings. The Morgan fingerprint density at radius 2 is 1.81 bits per heavy atom. The van der Waals surface area contributed by atoms with Crippen LogP contribution in [0.2, 0.25) is 0 Å². The van der Waals surface area contributed by atoms with Gasteiger partial charge in [-0.25, -0.2) is 0 Å². The number of hydrogen-bond donors (Lipinski definition) is 1. The van der Waals surface area contributed by atoms with Gasteiger partial charge in [-0.2, -0.15) is 0 Å². The van der Waals surface area contributed by atoms with Gasteiger partial charge >= 0.3 is 0 Å². The first kappa shape index (κ1) is 20.8. The number of rotatable bonds is 5. The molecule has 1 N–H and O–H groups in total. The number of para-hydroxylation sites is 1. The van der Waals surface area contributed by atoms with Gasteiger partial charge in [0.1, 0.15) is 6.54 Å². The number of carbonyl (C=O) groups excluding carboxylic acids is 2. The molecule has 0 atom stereocenters. The van der Waals surface area contributed by atoms with E-state index >= 15 is 0 Å². The highest BCUT2D eigenvalue weighted by atomic mass is 16.5. The third-order valence-electron chi connectivity index (χ3n) is 5.47. The lowest BCUT2D eigenvalue weighted by molar-refractivity contribution is -0.116. The zero-order valence-corrected chi connectivity index (χ0v) is 17.5. The van der Waals surface area contributed by atoms with Crippen LogP contribution in [0.5, 0.6) is 0 Å². The lowest BCUT2D eigenvalue weighted by atomic mass is 10.1. The second-order valence-electron chi connectivity index (χ2n) is 7.51. The minimum atomic E-state index is -0.382. The standard InChI is InChI=1S/C24H25N3O4/c1-2-17-6-5-7-18(14-17)25-22(28)16-27-21-9-4-3-8-19(21)20(15-23(27)29)24(30)26-10-12-31-13-11-26/h3-9,14-15H,2,10-13,16H2,1H3,(H,25,28). The fourth-order valence-electron chi connectivity index (χ4n) is 3.82. The van der Waals surface area contributed by atoms with Crippen LogP contribution in [-0.2, 0) is 22.5 Å². The molecule has 4 rings (SSSR count). The molecule has 160 valence electrons. The Kier molecular flexibility index (Phi) is 6.13. The molecule has 7 heteroatoms. The van der Waals surface area contributed by atoms with Crippen LogP contribution in [0.1, 0.15) is 22.8 Å². The van der Waals surface area contributed by atoms with Gasteiger partial charge in [-0.3, -0.25) is 19.0 Å². The summed E-state index contributed by atoms with van der Waals surface area (Å²) in [5.41, 5.74) is 2.35. The van der Waals surface area contributed by atoms with Crippen LogP contribution in [0.15, 0.2) is 59.4 Å². The number of aromatic nitrogens is 1. The summed E-state index contributed by atoms with van der Waals surface area (Å²) in [6.45, 7) is 3.87. The van der Waals surface area contributed by atoms with Crippen LogP contribution in [0.25, 0.3) is 10.9 Å². The van der Waals surface area contributed by atoms with Gasteiger partial charge in [0.2, 0.25) is 5.91 Å². The summed E-state index contributed by atoms with van der Waals surface area (Å²) >= 11 is 0. The number of benzene rings is 2. The number of anilines is 1. The molecule has 0 unspecified atom stereocenters. The lowest BCUT2D eigenvalue weighted by Gasteiger charge is -2.27. The van der Waals surface area contributed by atoms with E-state index in [1.165, 1.54) is 10.6 Å². The van der Waals surface area contributed by atoms with E-state index in [-0.39, 0.29) is 23.9 Å². The molecule has 0 bridgehead atoms. The molecule has 2 heterocycles. The van der Waals surface area contributed by atoms with Crippen LogP contribution < -0.4 is 10.9 Å². The molecule has 0 spiro atoms. The molecule has 3 aromatic rings. The average molecular weight is 419 g/mol. The largest absolute Gasteiger partial charge is 0.378 e. The number of morpholine rings is 1. The molecule has 1 aromatic heterocycles. The van der Waals surface area contributed by atoms with E-state index in [0.717, 1.165) is 12.0 Å². The quantitative estimate of drug-likeness (QED) is 0.690. The summed E-state index contributed by atoms with van der Waals surface area (Å²) in [5.74, 6) is -0.489. The van der Waals surface area contributed by atoms with Gasteiger partial charge in [0.05, 0.1) is 24.3 Å². The number of nitrogens with one attached hydrogen (secondary N) is 1. The first-order valence-electron chi connectivity index (χ1n) is 10.4. The Morgan fingerprint density at radius 3 is 2.58 bits per heavy atom. The Bertz CT molecular complexity index is 1180. The van der Waals surface area contributed by atoms with Crippen molar-refractivity contribution in [3.8, 4) is 0 Å². The van der Waals surface area contributed by atoms with Crippen molar-refractivity contribution in [3.05, 3.63) is 76.1 Å². The third kappa shape index (κ3) is 4.51. The number of aryl methyl sites for hydroxylation is 1. The van der Waals surface area contributed by atoms with E-state index in [0.29, 0.717) is 48.5 Å². The Labute approximate surface area is 180 Å². The van der Waals surface area contributed by atoms with Gasteiger partial charge in [0, 0.05) is 30.2 Å². The van der Waals surface area contributed by atoms with Crippen molar-refractivity contribution in [1.82, 2.24) is 9.47 Å². The van der Waals surface area contributed by atoms with Gasteiger partial charge in [-0.1, -0.05) is 37.3 Å². The molecular weight excluding hydrogens is 394 g/mol. The zero-order valence-electron chi connectivity index (χ0n) is 17.5. The number of nitrogens with zero attached hydrogens (tertiary/aromatic N) is 2. The summed E-state index contributed by atoms with van der Waals surface area (Å²) in [6, 6.07) is 16.2. The fraction of sp³-hybridized carbons (Fsp3) is 0.292. The smallest absolute Gasteiger partial charge is 0.254 e. The van der Waals surface area contributed by atoms with Crippen LogP contribution in [0.3, 0.4) is 0 Å². The second-order valence-corrected chi connectivity index (χ2v) is 7.51. The first-order chi connectivity index (χ1) is 15.1. The molecular formula is C24H25N3O4. The van der Waals surface area contributed by atoms with Crippen LogP contribution in [-0.4, -0.2) is 47.6 Å². The minimum absolute atomic E-state index is 0.137. The first-order valence-corrected chi connectivity index (χ1v) is 10.4. The van der Waals surface area contributed by atoms with Crippen molar-refractivity contribution >= 4 is 28.4 Å². The molecule has 7 nitrogen and oxygen atoms in total. The van der Waals surface area contributed by atoms with Gasteiger partial charge in [0.15, 0.2) is 0 Å². The molecule has 0 aliphatic carbocycles. The summed E-state index contributed by atoms with van der Waals surface area (Å²) in [4.78, 5) is 40.3. The molecule has 0 radical (unpaired) electrons. The second kappa shape index (κ2) is 9.14. The molecule has 2 aromatic carbocycles. The normalized spacial score (nSPS) is 13.9. The maximum Gasteiger partial charge on any atom is 0.254 e. The number of fused-ring (bicyclic) bond motifs is 1. The Morgan fingerprint density at radius 1 is 1.03 bits per heavy atom. The summed E-state index contributed by atoms with van der Waals surface area (Å²) in [5, 5.41) is 3.51. The van der Waals surface area contributed by atoms with Crippen LogP contribution >= 0.6 is 0 Å². The monoisotopic (exact) mass is 419 g/mol. The van der Waals surface area contributed by atoms with Crippen molar-refractivity contribution in [2.75, 3.05) is 31.6 Å². The zero-order chi connectivity index (χ0) is 21.8. The van der Waals surface area contributed by atoms with Crippen LogP contribution in [0.4, 0.5) is 5.69 Å². The number of pyridine rings is 1. The average Bonchev–Trinajstić information content (AvgIpc) is 2.81. The number of carbonyl (C=O) groups is 2. The topological polar surface area (TPSA) is 80.6 Å². The van der Waals surface area contributed by atoms with E-state index in [1.54, 1.807) is 17.0 Å². The third-order valence-corrected chi connectivity index (χ3v) is 5.47. The van der Waals surface area contributed by atoms with Crippen molar-refractivity contribution in [1.29, 1.82) is 0 Å². The lowest BCUT2D eigenvalue weighted by Crippen LogP contribution is -2.41. The highest BCUT2D eigenvalue weighted by Gasteiger charge is 2.22. The highest BCUT2D eigenvalue weighted by molar-refractivity contribution is 6.06. The van der Waals surface area contributed by atoms with E-state index in [1.807, 2.05) is 43.3 Å². The van der Waals surface area contributed by atoms with Crippen molar-refractivity contribution < 1.29 is 14.3 Å². The van der Waals surface area contributed by atoms with Gasteiger partial charge in [-0.05, 0) is 30.2 Å². The molecule has 31 heavy (non-hydrogen) atoms. The number of hydrogen-bond acceptors (Lipinski definition) is 4. The SMILES string of the molecule is CCc1cccc(NC(=O)Cn2c(=O)cc(C(=O)N3CCOCC3)c3ccccc32)c1. The number of amides is 2.